The van der Waals surface area contributed by atoms with Crippen molar-refractivity contribution < 1.29 is 15.1 Å². The fourth-order valence-electron chi connectivity index (χ4n) is 4.01. The van der Waals surface area contributed by atoms with E-state index in [-0.39, 0.29) is 6.61 Å². The topological polar surface area (TPSA) is 72.8 Å². The number of hydrogen-bond donors (Lipinski definition) is 3. The first kappa shape index (κ1) is 20.3. The van der Waals surface area contributed by atoms with E-state index < -0.39 is 5.91 Å². The lowest BCUT2D eigenvalue weighted by atomic mass is 10.0. The molecule has 28 heavy (non-hydrogen) atoms. The summed E-state index contributed by atoms with van der Waals surface area (Å²) in [4.78, 5) is 13.5. The van der Waals surface area contributed by atoms with Crippen LogP contribution in [0.2, 0.25) is 0 Å². The second kappa shape index (κ2) is 9.64. The number of carbonyl (C=O) groups excluding carboxylic acids is 1. The normalized spacial score (nSPS) is 15.9. The Morgan fingerprint density at radius 2 is 2.07 bits per heavy atom. The Labute approximate surface area is 166 Å². The quantitative estimate of drug-likeness (QED) is 0.374. The number of hydroxylamine groups is 1. The van der Waals surface area contributed by atoms with Crippen LogP contribution in [0.3, 0.4) is 0 Å². The number of aliphatic hydroxyl groups excluding tert-OH is 1. The van der Waals surface area contributed by atoms with Crippen molar-refractivity contribution in [3.05, 3.63) is 76.4 Å². The average Bonchev–Trinajstić information content (AvgIpc) is 3.13. The average molecular weight is 380 g/mol. The van der Waals surface area contributed by atoms with Crippen LogP contribution < -0.4 is 5.48 Å². The summed E-state index contributed by atoms with van der Waals surface area (Å²) in [7, 11) is 0. The second-order valence-corrected chi connectivity index (χ2v) is 7.26. The minimum atomic E-state index is -0.538. The summed E-state index contributed by atoms with van der Waals surface area (Å²) in [6, 6.07) is 15.0. The standard InChI is InChI=1S/C23H28N2O3/c1-17-4-2-3-5-19(17)12-13-25(14-15-26)22-10-8-20-16-18(6-9-21(20)22)7-11-23(27)24-28/h2-7,9,11,16,22,26,28H,8,10,12-15H2,1H3,(H,24,27)/b11-7+/t22-/m1/s1. The van der Waals surface area contributed by atoms with E-state index in [1.54, 1.807) is 11.6 Å². The van der Waals surface area contributed by atoms with E-state index in [0.717, 1.165) is 31.4 Å². The molecule has 0 heterocycles. The molecule has 0 bridgehead atoms. The molecule has 5 heteroatoms. The molecule has 3 N–H and O–H groups in total. The third-order valence-electron chi connectivity index (χ3n) is 5.51. The molecular formula is C23H28N2O3. The van der Waals surface area contributed by atoms with Gasteiger partial charge in [0.1, 0.15) is 0 Å². The number of benzene rings is 2. The lowest BCUT2D eigenvalue weighted by Crippen LogP contribution is -2.32. The van der Waals surface area contributed by atoms with Crippen molar-refractivity contribution in [1.29, 1.82) is 0 Å². The van der Waals surface area contributed by atoms with E-state index in [1.165, 1.54) is 28.3 Å². The Morgan fingerprint density at radius 1 is 1.25 bits per heavy atom. The highest BCUT2D eigenvalue weighted by molar-refractivity contribution is 5.90. The Bertz CT molecular complexity index is 847. The SMILES string of the molecule is Cc1ccccc1CCN(CCO)[C@@H]1CCc2cc(/C=C/C(=O)NO)ccc21. The summed E-state index contributed by atoms with van der Waals surface area (Å²) in [5.41, 5.74) is 7.80. The van der Waals surface area contributed by atoms with Crippen molar-refractivity contribution in [2.45, 2.75) is 32.2 Å². The number of aliphatic hydroxyl groups is 1. The molecule has 5 nitrogen and oxygen atoms in total. The van der Waals surface area contributed by atoms with Crippen LogP contribution in [0.1, 0.15) is 40.3 Å². The van der Waals surface area contributed by atoms with Crippen LogP contribution in [0.25, 0.3) is 6.08 Å². The van der Waals surface area contributed by atoms with Gasteiger partial charge in [0.05, 0.1) is 6.61 Å². The zero-order valence-electron chi connectivity index (χ0n) is 16.3. The van der Waals surface area contributed by atoms with Gasteiger partial charge in [-0.25, -0.2) is 5.48 Å². The molecule has 0 aromatic heterocycles. The molecule has 1 atom stereocenters. The molecule has 0 spiro atoms. The van der Waals surface area contributed by atoms with Gasteiger partial charge in [-0.3, -0.25) is 14.9 Å². The monoisotopic (exact) mass is 380 g/mol. The maximum atomic E-state index is 11.2. The molecule has 0 saturated carbocycles. The molecule has 0 saturated heterocycles. The summed E-state index contributed by atoms with van der Waals surface area (Å²) >= 11 is 0. The fraction of sp³-hybridized carbons (Fsp3) is 0.348. The second-order valence-electron chi connectivity index (χ2n) is 7.26. The van der Waals surface area contributed by atoms with Gasteiger partial charge in [-0.1, -0.05) is 42.5 Å². The van der Waals surface area contributed by atoms with Crippen molar-refractivity contribution in [1.82, 2.24) is 10.4 Å². The van der Waals surface area contributed by atoms with E-state index in [4.69, 9.17) is 5.21 Å². The van der Waals surface area contributed by atoms with Gasteiger partial charge in [-0.05, 0) is 60.1 Å². The number of amides is 1. The lowest BCUT2D eigenvalue weighted by molar-refractivity contribution is -0.124. The predicted molar refractivity (Wildman–Crippen MR) is 110 cm³/mol. The van der Waals surface area contributed by atoms with Gasteiger partial charge in [0.2, 0.25) is 0 Å². The van der Waals surface area contributed by atoms with Crippen molar-refractivity contribution >= 4 is 12.0 Å². The van der Waals surface area contributed by atoms with E-state index in [9.17, 15) is 9.90 Å². The molecule has 3 rings (SSSR count). The maximum Gasteiger partial charge on any atom is 0.267 e. The largest absolute Gasteiger partial charge is 0.395 e. The highest BCUT2D eigenvalue weighted by Crippen LogP contribution is 2.36. The summed E-state index contributed by atoms with van der Waals surface area (Å²) in [6.45, 7) is 3.86. The Morgan fingerprint density at radius 3 is 2.82 bits per heavy atom. The van der Waals surface area contributed by atoms with Gasteiger partial charge in [0.25, 0.3) is 5.91 Å². The van der Waals surface area contributed by atoms with Crippen LogP contribution in [0.4, 0.5) is 0 Å². The molecule has 1 aliphatic rings. The van der Waals surface area contributed by atoms with E-state index >= 15 is 0 Å². The lowest BCUT2D eigenvalue weighted by Gasteiger charge is -2.29. The number of nitrogens with one attached hydrogen (secondary N) is 1. The van der Waals surface area contributed by atoms with E-state index in [2.05, 4.69) is 48.2 Å². The number of carbonyl (C=O) groups is 1. The number of nitrogens with zero attached hydrogens (tertiary/aromatic N) is 1. The summed E-state index contributed by atoms with van der Waals surface area (Å²) < 4.78 is 0. The minimum absolute atomic E-state index is 0.150. The summed E-state index contributed by atoms with van der Waals surface area (Å²) in [5, 5.41) is 18.2. The highest BCUT2D eigenvalue weighted by atomic mass is 16.5. The Balaban J connectivity index is 1.73. The number of hydrogen-bond acceptors (Lipinski definition) is 4. The fourth-order valence-corrected chi connectivity index (χ4v) is 4.01. The van der Waals surface area contributed by atoms with Crippen LogP contribution in [0.15, 0.2) is 48.5 Å². The Kier molecular flexibility index (Phi) is 6.98. The molecule has 1 aliphatic carbocycles. The predicted octanol–water partition coefficient (Wildman–Crippen LogP) is 3.04. The first-order chi connectivity index (χ1) is 13.6. The molecule has 1 amide bonds. The van der Waals surface area contributed by atoms with Crippen molar-refractivity contribution in [2.24, 2.45) is 0 Å². The van der Waals surface area contributed by atoms with Gasteiger partial charge < -0.3 is 5.11 Å². The van der Waals surface area contributed by atoms with Crippen LogP contribution in [0.5, 0.6) is 0 Å². The van der Waals surface area contributed by atoms with Gasteiger partial charge in [-0.15, -0.1) is 0 Å². The van der Waals surface area contributed by atoms with Crippen LogP contribution >= 0.6 is 0 Å². The molecule has 148 valence electrons. The first-order valence-electron chi connectivity index (χ1n) is 9.76. The number of rotatable bonds is 8. The highest BCUT2D eigenvalue weighted by Gasteiger charge is 2.27. The van der Waals surface area contributed by atoms with Gasteiger partial charge in [0, 0.05) is 25.2 Å². The molecule has 0 aliphatic heterocycles. The number of aryl methyl sites for hydroxylation is 2. The Hall–Kier alpha value is -2.47. The summed E-state index contributed by atoms with van der Waals surface area (Å²) in [5.74, 6) is -0.538. The van der Waals surface area contributed by atoms with Crippen molar-refractivity contribution in [2.75, 3.05) is 19.7 Å². The minimum Gasteiger partial charge on any atom is -0.395 e. The van der Waals surface area contributed by atoms with Crippen LogP contribution in [0, 0.1) is 6.92 Å². The van der Waals surface area contributed by atoms with Gasteiger partial charge in [-0.2, -0.15) is 0 Å². The zero-order valence-corrected chi connectivity index (χ0v) is 16.3. The van der Waals surface area contributed by atoms with Crippen molar-refractivity contribution in [3.8, 4) is 0 Å². The zero-order chi connectivity index (χ0) is 19.9. The van der Waals surface area contributed by atoms with E-state index in [0.29, 0.717) is 12.6 Å². The molecule has 2 aromatic rings. The van der Waals surface area contributed by atoms with E-state index in [1.807, 2.05) is 6.07 Å². The van der Waals surface area contributed by atoms with Crippen LogP contribution in [-0.2, 0) is 17.6 Å². The summed E-state index contributed by atoms with van der Waals surface area (Å²) in [6.07, 6.45) is 6.00. The molecule has 2 aromatic carbocycles. The third-order valence-corrected chi connectivity index (χ3v) is 5.51. The number of fused-ring (bicyclic) bond motifs is 1. The molecule has 0 unspecified atom stereocenters. The third kappa shape index (κ3) is 4.87. The smallest absolute Gasteiger partial charge is 0.267 e. The van der Waals surface area contributed by atoms with Gasteiger partial charge >= 0.3 is 0 Å². The first-order valence-corrected chi connectivity index (χ1v) is 9.76. The molecule has 0 fully saturated rings. The van der Waals surface area contributed by atoms with Crippen LogP contribution in [-0.4, -0.2) is 40.8 Å². The molecule has 0 radical (unpaired) electrons. The van der Waals surface area contributed by atoms with Gasteiger partial charge in [0.15, 0.2) is 0 Å². The van der Waals surface area contributed by atoms with Crippen molar-refractivity contribution in [3.63, 3.8) is 0 Å². The maximum absolute atomic E-state index is 11.2. The molecular weight excluding hydrogens is 352 g/mol.